The standard InChI is InChI=1S/C12H17N3O2/c1-11(2)9(12(11,3)4)15-10-13-6-5-7(14-10)8(16)17/h5-6,9H,1-4H3,(H,16,17)(H,13,14,15). The molecule has 2 N–H and O–H groups in total. The largest absolute Gasteiger partial charge is 0.477 e. The minimum atomic E-state index is -1.04. The van der Waals surface area contributed by atoms with E-state index < -0.39 is 5.97 Å². The summed E-state index contributed by atoms with van der Waals surface area (Å²) in [6.07, 6.45) is 1.46. The van der Waals surface area contributed by atoms with Crippen LogP contribution in [0.15, 0.2) is 12.3 Å². The van der Waals surface area contributed by atoms with Gasteiger partial charge in [-0.15, -0.1) is 0 Å². The molecule has 1 fully saturated rings. The molecule has 0 saturated heterocycles. The van der Waals surface area contributed by atoms with Crippen LogP contribution in [-0.4, -0.2) is 27.1 Å². The Kier molecular flexibility index (Phi) is 2.38. The summed E-state index contributed by atoms with van der Waals surface area (Å²) in [6.45, 7) is 8.69. The summed E-state index contributed by atoms with van der Waals surface area (Å²) in [6, 6.07) is 1.65. The van der Waals surface area contributed by atoms with Crippen molar-refractivity contribution in [1.29, 1.82) is 0 Å². The van der Waals surface area contributed by atoms with Gasteiger partial charge in [0.25, 0.3) is 0 Å². The molecule has 1 heterocycles. The number of anilines is 1. The summed E-state index contributed by atoms with van der Waals surface area (Å²) in [5.74, 6) is -0.654. The SMILES string of the molecule is CC1(C)C(Nc2nccc(C(=O)O)n2)C1(C)C. The Balaban J connectivity index is 2.16. The predicted molar refractivity (Wildman–Crippen MR) is 64.0 cm³/mol. The Morgan fingerprint density at radius 2 is 1.94 bits per heavy atom. The summed E-state index contributed by atoms with van der Waals surface area (Å²) in [5, 5.41) is 12.1. The first kappa shape index (κ1) is 11.8. The summed E-state index contributed by atoms with van der Waals surface area (Å²) in [4.78, 5) is 18.8. The third-order valence-electron chi connectivity index (χ3n) is 4.17. The van der Waals surface area contributed by atoms with Crippen LogP contribution in [0.1, 0.15) is 38.2 Å². The van der Waals surface area contributed by atoms with Gasteiger partial charge < -0.3 is 10.4 Å². The summed E-state index contributed by atoms with van der Waals surface area (Å²) < 4.78 is 0. The first-order valence-corrected chi connectivity index (χ1v) is 5.59. The van der Waals surface area contributed by atoms with Crippen LogP contribution in [-0.2, 0) is 0 Å². The second kappa shape index (κ2) is 3.42. The van der Waals surface area contributed by atoms with Crippen molar-refractivity contribution in [2.24, 2.45) is 10.8 Å². The quantitative estimate of drug-likeness (QED) is 0.838. The lowest BCUT2D eigenvalue weighted by Crippen LogP contribution is -2.14. The van der Waals surface area contributed by atoms with Crippen LogP contribution in [0.4, 0.5) is 5.95 Å². The molecule has 2 rings (SSSR count). The minimum Gasteiger partial charge on any atom is -0.477 e. The van der Waals surface area contributed by atoms with Crippen molar-refractivity contribution in [2.45, 2.75) is 33.7 Å². The van der Waals surface area contributed by atoms with Crippen LogP contribution in [0.3, 0.4) is 0 Å². The van der Waals surface area contributed by atoms with Crippen molar-refractivity contribution in [3.63, 3.8) is 0 Å². The first-order valence-electron chi connectivity index (χ1n) is 5.59. The normalized spacial score (nSPS) is 20.9. The first-order chi connectivity index (χ1) is 7.76. The van der Waals surface area contributed by atoms with Crippen molar-refractivity contribution >= 4 is 11.9 Å². The predicted octanol–water partition coefficient (Wildman–Crippen LogP) is 2.02. The number of rotatable bonds is 3. The van der Waals surface area contributed by atoms with E-state index in [2.05, 4.69) is 43.0 Å². The molecular weight excluding hydrogens is 218 g/mol. The number of aromatic carboxylic acids is 1. The Bertz CT molecular complexity index is 455. The molecule has 0 unspecified atom stereocenters. The molecule has 5 nitrogen and oxygen atoms in total. The smallest absolute Gasteiger partial charge is 0.354 e. The Labute approximate surface area is 100 Å². The van der Waals surface area contributed by atoms with E-state index in [-0.39, 0.29) is 22.6 Å². The van der Waals surface area contributed by atoms with E-state index >= 15 is 0 Å². The van der Waals surface area contributed by atoms with Crippen molar-refractivity contribution in [1.82, 2.24) is 9.97 Å². The third kappa shape index (κ3) is 1.75. The average molecular weight is 235 g/mol. The van der Waals surface area contributed by atoms with Crippen LogP contribution in [0.2, 0.25) is 0 Å². The molecule has 1 saturated carbocycles. The van der Waals surface area contributed by atoms with Gasteiger partial charge in [-0.05, 0) is 16.9 Å². The number of hydrogen-bond acceptors (Lipinski definition) is 4. The molecule has 0 bridgehead atoms. The number of nitrogens with zero attached hydrogens (tertiary/aromatic N) is 2. The fourth-order valence-corrected chi connectivity index (χ4v) is 2.23. The Hall–Kier alpha value is -1.65. The third-order valence-corrected chi connectivity index (χ3v) is 4.17. The van der Waals surface area contributed by atoms with Crippen LogP contribution in [0.5, 0.6) is 0 Å². The average Bonchev–Trinajstić information content (AvgIpc) is 2.61. The fourth-order valence-electron chi connectivity index (χ4n) is 2.23. The molecule has 1 aliphatic carbocycles. The molecule has 0 aromatic carbocycles. The molecule has 0 spiro atoms. The molecule has 17 heavy (non-hydrogen) atoms. The van der Waals surface area contributed by atoms with Gasteiger partial charge in [-0.1, -0.05) is 27.7 Å². The molecule has 5 heteroatoms. The van der Waals surface area contributed by atoms with E-state index in [1.54, 1.807) is 0 Å². The summed E-state index contributed by atoms with van der Waals surface area (Å²) in [5.41, 5.74) is 0.337. The number of nitrogens with one attached hydrogen (secondary N) is 1. The van der Waals surface area contributed by atoms with Gasteiger partial charge in [-0.25, -0.2) is 14.8 Å². The number of hydrogen-bond donors (Lipinski definition) is 2. The van der Waals surface area contributed by atoms with Gasteiger partial charge in [0, 0.05) is 12.2 Å². The zero-order valence-electron chi connectivity index (χ0n) is 10.5. The van der Waals surface area contributed by atoms with Gasteiger partial charge in [-0.3, -0.25) is 0 Å². The fraction of sp³-hybridized carbons (Fsp3) is 0.583. The van der Waals surface area contributed by atoms with E-state index in [4.69, 9.17) is 5.11 Å². The molecule has 1 aromatic rings. The number of aromatic nitrogens is 2. The van der Waals surface area contributed by atoms with Crippen LogP contribution in [0, 0.1) is 10.8 Å². The van der Waals surface area contributed by atoms with Gasteiger partial charge in [0.1, 0.15) is 0 Å². The van der Waals surface area contributed by atoms with Gasteiger partial charge >= 0.3 is 5.97 Å². The second-order valence-electron chi connectivity index (χ2n) is 5.59. The lowest BCUT2D eigenvalue weighted by Gasteiger charge is -2.06. The Morgan fingerprint density at radius 1 is 1.35 bits per heavy atom. The maximum absolute atomic E-state index is 10.8. The second-order valence-corrected chi connectivity index (χ2v) is 5.59. The highest BCUT2D eigenvalue weighted by Crippen LogP contribution is 2.63. The number of carboxylic acid groups (broad SMARTS) is 1. The topological polar surface area (TPSA) is 75.1 Å². The van der Waals surface area contributed by atoms with E-state index in [0.29, 0.717) is 5.95 Å². The molecule has 0 amide bonds. The summed E-state index contributed by atoms with van der Waals surface area (Å²) in [7, 11) is 0. The molecule has 1 aromatic heterocycles. The van der Waals surface area contributed by atoms with Crippen molar-refractivity contribution in [2.75, 3.05) is 5.32 Å². The van der Waals surface area contributed by atoms with E-state index in [0.717, 1.165) is 0 Å². The van der Waals surface area contributed by atoms with Gasteiger partial charge in [0.2, 0.25) is 5.95 Å². The van der Waals surface area contributed by atoms with Gasteiger partial charge in [-0.2, -0.15) is 0 Å². The van der Waals surface area contributed by atoms with E-state index in [1.807, 2.05) is 0 Å². The molecule has 0 radical (unpaired) electrons. The van der Waals surface area contributed by atoms with Crippen molar-refractivity contribution in [3.05, 3.63) is 18.0 Å². The molecule has 0 atom stereocenters. The zero-order valence-corrected chi connectivity index (χ0v) is 10.5. The van der Waals surface area contributed by atoms with E-state index in [1.165, 1.54) is 12.3 Å². The summed E-state index contributed by atoms with van der Waals surface area (Å²) >= 11 is 0. The maximum atomic E-state index is 10.8. The number of carboxylic acids is 1. The molecule has 0 aliphatic heterocycles. The zero-order chi connectivity index (χ0) is 12.8. The van der Waals surface area contributed by atoms with Crippen LogP contribution < -0.4 is 5.32 Å². The lowest BCUT2D eigenvalue weighted by atomic mass is 10.0. The van der Waals surface area contributed by atoms with E-state index in [9.17, 15) is 4.79 Å². The molecule has 92 valence electrons. The van der Waals surface area contributed by atoms with Crippen LogP contribution in [0.25, 0.3) is 0 Å². The van der Waals surface area contributed by atoms with Gasteiger partial charge in [0.05, 0.1) is 0 Å². The lowest BCUT2D eigenvalue weighted by molar-refractivity contribution is 0.0690. The molecular formula is C12H17N3O2. The maximum Gasteiger partial charge on any atom is 0.354 e. The monoisotopic (exact) mass is 235 g/mol. The minimum absolute atomic E-state index is 0.0127. The highest BCUT2D eigenvalue weighted by molar-refractivity contribution is 5.85. The highest BCUT2D eigenvalue weighted by atomic mass is 16.4. The van der Waals surface area contributed by atoms with Gasteiger partial charge in [0.15, 0.2) is 5.69 Å². The highest BCUT2D eigenvalue weighted by Gasteiger charge is 2.65. The van der Waals surface area contributed by atoms with Crippen LogP contribution >= 0.6 is 0 Å². The molecule has 1 aliphatic rings. The Morgan fingerprint density at radius 3 is 2.41 bits per heavy atom. The van der Waals surface area contributed by atoms with Crippen molar-refractivity contribution < 1.29 is 9.90 Å². The number of carbonyl (C=O) groups is 1. The van der Waals surface area contributed by atoms with Crippen molar-refractivity contribution in [3.8, 4) is 0 Å².